The van der Waals surface area contributed by atoms with Gasteiger partial charge >= 0.3 is 0 Å². The Morgan fingerprint density at radius 2 is 2.00 bits per heavy atom. The molecule has 0 heterocycles. The lowest BCUT2D eigenvalue weighted by molar-refractivity contribution is 0.0827. The quantitative estimate of drug-likeness (QED) is 0.566. The van der Waals surface area contributed by atoms with Gasteiger partial charge in [-0.25, -0.2) is 0 Å². The molecule has 1 aromatic carbocycles. The van der Waals surface area contributed by atoms with E-state index in [0.29, 0.717) is 17.3 Å². The lowest BCUT2D eigenvalue weighted by Crippen LogP contribution is -2.22. The molecule has 4 heteroatoms. The summed E-state index contributed by atoms with van der Waals surface area (Å²) >= 11 is 0. The number of carbonyl (C=O) groups is 1. The highest BCUT2D eigenvalue weighted by Crippen LogP contribution is 2.22. The van der Waals surface area contributed by atoms with Crippen LogP contribution in [0.25, 0.3) is 0 Å². The van der Waals surface area contributed by atoms with Gasteiger partial charge in [-0.2, -0.15) is 0 Å². The average Bonchev–Trinajstić information content (AvgIpc) is 2.45. The Bertz CT molecular complexity index is 457. The second kappa shape index (κ2) is 8.55. The molecule has 0 saturated carbocycles. The number of hydrogen-bond donors (Lipinski definition) is 2. The van der Waals surface area contributed by atoms with Crippen LogP contribution in [0.4, 0.5) is 11.4 Å². The van der Waals surface area contributed by atoms with Gasteiger partial charge in [0.15, 0.2) is 0 Å². The summed E-state index contributed by atoms with van der Waals surface area (Å²) in [6, 6.07) is 5.77. The van der Waals surface area contributed by atoms with Gasteiger partial charge in [0.2, 0.25) is 0 Å². The number of nitrogens with one attached hydrogen (secondary N) is 1. The smallest absolute Gasteiger partial charge is 0.253 e. The van der Waals surface area contributed by atoms with Crippen molar-refractivity contribution in [3.05, 3.63) is 23.8 Å². The summed E-state index contributed by atoms with van der Waals surface area (Å²) in [5, 5.41) is 3.43. The second-order valence-corrected chi connectivity index (χ2v) is 5.90. The van der Waals surface area contributed by atoms with E-state index in [9.17, 15) is 4.79 Å². The van der Waals surface area contributed by atoms with Crippen LogP contribution in [0.2, 0.25) is 0 Å². The van der Waals surface area contributed by atoms with Crippen LogP contribution in [0.5, 0.6) is 0 Å². The molecule has 1 aromatic rings. The minimum absolute atomic E-state index is 0.00588. The first-order valence-electron chi connectivity index (χ1n) is 7.83. The highest BCUT2D eigenvalue weighted by Gasteiger charge is 2.11. The molecule has 3 N–H and O–H groups in total. The van der Waals surface area contributed by atoms with Crippen LogP contribution in [0.15, 0.2) is 18.2 Å². The third-order valence-electron chi connectivity index (χ3n) is 3.60. The van der Waals surface area contributed by atoms with Crippen molar-refractivity contribution < 1.29 is 4.79 Å². The Morgan fingerprint density at radius 1 is 1.29 bits per heavy atom. The van der Waals surface area contributed by atoms with Gasteiger partial charge in [0.1, 0.15) is 0 Å². The van der Waals surface area contributed by atoms with Gasteiger partial charge in [-0.15, -0.1) is 0 Å². The number of unbranched alkanes of at least 4 members (excludes halogenated alkanes) is 3. The summed E-state index contributed by atoms with van der Waals surface area (Å²) in [6.07, 6.45) is 6.16. The Labute approximate surface area is 128 Å². The Hall–Kier alpha value is -1.71. The largest absolute Gasteiger partial charge is 0.397 e. The molecule has 0 saturated heterocycles. The molecule has 0 bridgehead atoms. The van der Waals surface area contributed by atoms with Crippen molar-refractivity contribution in [2.75, 3.05) is 25.1 Å². The number of benzene rings is 1. The Kier molecular flexibility index (Phi) is 7.06. The van der Waals surface area contributed by atoms with Crippen molar-refractivity contribution >= 4 is 17.3 Å². The van der Waals surface area contributed by atoms with E-state index >= 15 is 0 Å². The molecule has 4 nitrogen and oxygen atoms in total. The van der Waals surface area contributed by atoms with Gasteiger partial charge in [-0.1, -0.05) is 32.6 Å². The number of rotatable bonds is 8. The number of carbonyl (C=O) groups excluding carboxylic acids is 1. The van der Waals surface area contributed by atoms with Crippen molar-refractivity contribution in [2.45, 2.75) is 52.0 Å². The van der Waals surface area contributed by atoms with E-state index in [0.717, 1.165) is 12.1 Å². The zero-order valence-electron chi connectivity index (χ0n) is 13.8. The minimum atomic E-state index is -0.00588. The number of amides is 1. The maximum atomic E-state index is 12.0. The first-order chi connectivity index (χ1) is 9.95. The topological polar surface area (TPSA) is 58.4 Å². The van der Waals surface area contributed by atoms with E-state index in [2.05, 4.69) is 19.2 Å². The van der Waals surface area contributed by atoms with Crippen LogP contribution in [0.1, 0.15) is 56.3 Å². The summed E-state index contributed by atoms with van der Waals surface area (Å²) in [4.78, 5) is 13.6. The zero-order valence-corrected chi connectivity index (χ0v) is 13.8. The fraction of sp³-hybridized carbons (Fsp3) is 0.588. The maximum Gasteiger partial charge on any atom is 0.253 e. The summed E-state index contributed by atoms with van der Waals surface area (Å²) in [5.74, 6) is -0.00588. The van der Waals surface area contributed by atoms with Gasteiger partial charge in [0.05, 0.1) is 11.4 Å². The molecule has 0 spiro atoms. The molecule has 1 amide bonds. The molecule has 0 radical (unpaired) electrons. The van der Waals surface area contributed by atoms with E-state index in [1.54, 1.807) is 31.1 Å². The minimum Gasteiger partial charge on any atom is -0.397 e. The Morgan fingerprint density at radius 3 is 2.62 bits per heavy atom. The fourth-order valence-corrected chi connectivity index (χ4v) is 2.29. The molecule has 0 aromatic heterocycles. The van der Waals surface area contributed by atoms with Crippen LogP contribution >= 0.6 is 0 Å². The summed E-state index contributed by atoms with van der Waals surface area (Å²) in [7, 11) is 3.50. The van der Waals surface area contributed by atoms with E-state index < -0.39 is 0 Å². The number of anilines is 2. The van der Waals surface area contributed by atoms with Crippen molar-refractivity contribution in [3.63, 3.8) is 0 Å². The van der Waals surface area contributed by atoms with Crippen molar-refractivity contribution in [1.82, 2.24) is 4.90 Å². The predicted octanol–water partition coefficient (Wildman–Crippen LogP) is 3.74. The van der Waals surface area contributed by atoms with E-state index in [1.807, 2.05) is 6.07 Å². The maximum absolute atomic E-state index is 12.0. The second-order valence-electron chi connectivity index (χ2n) is 5.90. The average molecular weight is 291 g/mol. The van der Waals surface area contributed by atoms with Crippen molar-refractivity contribution in [3.8, 4) is 0 Å². The predicted molar refractivity (Wildman–Crippen MR) is 90.7 cm³/mol. The highest BCUT2D eigenvalue weighted by atomic mass is 16.2. The van der Waals surface area contributed by atoms with Crippen LogP contribution in [0, 0.1) is 0 Å². The van der Waals surface area contributed by atoms with Crippen molar-refractivity contribution in [1.29, 1.82) is 0 Å². The Balaban J connectivity index is 2.65. The SMILES string of the molecule is CCCCCCC(C)Nc1cc(C(=O)N(C)C)ccc1N. The summed E-state index contributed by atoms with van der Waals surface area (Å²) in [6.45, 7) is 4.38. The summed E-state index contributed by atoms with van der Waals surface area (Å²) < 4.78 is 0. The molecule has 0 aliphatic carbocycles. The number of nitrogen functional groups attached to an aromatic ring is 1. The molecule has 1 atom stereocenters. The third kappa shape index (κ3) is 5.66. The van der Waals surface area contributed by atoms with Gasteiger partial charge in [-0.05, 0) is 31.5 Å². The number of nitrogens with two attached hydrogens (primary N) is 1. The van der Waals surface area contributed by atoms with E-state index in [1.165, 1.54) is 25.7 Å². The standard InChI is InChI=1S/C17H29N3O/c1-5-6-7-8-9-13(2)19-16-12-14(10-11-15(16)18)17(21)20(3)4/h10-13,19H,5-9,18H2,1-4H3. The molecule has 1 rings (SSSR count). The molecule has 0 fully saturated rings. The van der Waals surface area contributed by atoms with Gasteiger partial charge in [0.25, 0.3) is 5.91 Å². The molecule has 118 valence electrons. The molecule has 0 aliphatic heterocycles. The molecule has 0 aliphatic rings. The van der Waals surface area contributed by atoms with Gasteiger partial charge < -0.3 is 16.0 Å². The van der Waals surface area contributed by atoms with Crippen LogP contribution in [-0.4, -0.2) is 30.9 Å². The first-order valence-corrected chi connectivity index (χ1v) is 7.83. The fourth-order valence-electron chi connectivity index (χ4n) is 2.29. The summed E-state index contributed by atoms with van der Waals surface area (Å²) in [5.41, 5.74) is 8.20. The molecule has 1 unspecified atom stereocenters. The third-order valence-corrected chi connectivity index (χ3v) is 3.60. The molecular weight excluding hydrogens is 262 g/mol. The normalized spacial score (nSPS) is 12.0. The van der Waals surface area contributed by atoms with Gasteiger partial charge in [-0.3, -0.25) is 4.79 Å². The van der Waals surface area contributed by atoms with E-state index in [-0.39, 0.29) is 5.91 Å². The number of hydrogen-bond acceptors (Lipinski definition) is 3. The zero-order chi connectivity index (χ0) is 15.8. The molecular formula is C17H29N3O. The van der Waals surface area contributed by atoms with Crippen LogP contribution in [-0.2, 0) is 0 Å². The van der Waals surface area contributed by atoms with E-state index in [4.69, 9.17) is 5.73 Å². The highest BCUT2D eigenvalue weighted by molar-refractivity contribution is 5.95. The number of nitrogens with zero attached hydrogens (tertiary/aromatic N) is 1. The molecule has 21 heavy (non-hydrogen) atoms. The van der Waals surface area contributed by atoms with Crippen LogP contribution < -0.4 is 11.1 Å². The monoisotopic (exact) mass is 291 g/mol. The lowest BCUT2D eigenvalue weighted by Gasteiger charge is -2.18. The lowest BCUT2D eigenvalue weighted by atomic mass is 10.1. The van der Waals surface area contributed by atoms with Crippen LogP contribution in [0.3, 0.4) is 0 Å². The van der Waals surface area contributed by atoms with Gasteiger partial charge in [0, 0.05) is 25.7 Å². The van der Waals surface area contributed by atoms with Crippen molar-refractivity contribution in [2.24, 2.45) is 0 Å². The first kappa shape index (κ1) is 17.3.